The topological polar surface area (TPSA) is 50.8 Å². The van der Waals surface area contributed by atoms with Gasteiger partial charge in [-0.2, -0.15) is 0 Å². The van der Waals surface area contributed by atoms with Crippen molar-refractivity contribution in [3.05, 3.63) is 46.5 Å². The summed E-state index contributed by atoms with van der Waals surface area (Å²) in [6, 6.07) is 7.94. The molecule has 2 aromatic rings. The maximum Gasteiger partial charge on any atom is 0.138 e. The molecule has 0 saturated carbocycles. The molecule has 0 aliphatic rings. The quantitative estimate of drug-likeness (QED) is 0.363. The predicted octanol–water partition coefficient (Wildman–Crippen LogP) is 6.25. The molecule has 5 heteroatoms. The van der Waals surface area contributed by atoms with E-state index >= 15 is 0 Å². The molecule has 0 saturated heterocycles. The molecule has 0 amide bonds. The summed E-state index contributed by atoms with van der Waals surface area (Å²) in [5.74, 6) is 2.01. The zero-order valence-electron chi connectivity index (χ0n) is 21.7. The first-order valence-corrected chi connectivity index (χ1v) is 13.0. The van der Waals surface area contributed by atoms with Gasteiger partial charge in [0.1, 0.15) is 17.2 Å². The number of hydrogen-bond acceptors (Lipinski definition) is 4. The highest BCUT2D eigenvalue weighted by Gasteiger charge is 2.18. The highest BCUT2D eigenvalue weighted by Crippen LogP contribution is 2.33. The van der Waals surface area contributed by atoms with Crippen molar-refractivity contribution in [3.8, 4) is 17.2 Å². The van der Waals surface area contributed by atoms with E-state index in [9.17, 15) is 5.11 Å². The molecular weight excluding hydrogens is 431 g/mol. The van der Waals surface area contributed by atoms with E-state index in [1.165, 1.54) is 0 Å². The number of hydrogen-bond donors (Lipinski definition) is 0. The van der Waals surface area contributed by atoms with E-state index in [1.807, 2.05) is 46.8 Å². The van der Waals surface area contributed by atoms with E-state index in [4.69, 9.17) is 14.2 Å². The average Bonchev–Trinajstić information content (AvgIpc) is 2.74. The van der Waals surface area contributed by atoms with Crippen LogP contribution in [0.15, 0.2) is 24.3 Å². The third-order valence-electron chi connectivity index (χ3n) is 5.84. The van der Waals surface area contributed by atoms with Crippen LogP contribution in [-0.2, 0) is 0 Å². The first-order chi connectivity index (χ1) is 15.6. The second kappa shape index (κ2) is 12.4. The van der Waals surface area contributed by atoms with Crippen LogP contribution in [0.5, 0.6) is 17.2 Å². The van der Waals surface area contributed by atoms with Crippen molar-refractivity contribution < 1.29 is 19.3 Å². The summed E-state index contributed by atoms with van der Waals surface area (Å²) in [6.45, 7) is 18.4. The van der Waals surface area contributed by atoms with E-state index in [1.54, 1.807) is 0 Å². The summed E-state index contributed by atoms with van der Waals surface area (Å²) in [7, 11) is 0.535. The van der Waals surface area contributed by atoms with Gasteiger partial charge in [-0.1, -0.05) is 46.7 Å². The van der Waals surface area contributed by atoms with Gasteiger partial charge in [0.15, 0.2) is 0 Å². The lowest BCUT2D eigenvalue weighted by Crippen LogP contribution is -2.23. The number of benzene rings is 2. The minimum atomic E-state index is 0.00666. The van der Waals surface area contributed by atoms with Crippen molar-refractivity contribution in [1.29, 1.82) is 0 Å². The fourth-order valence-corrected chi connectivity index (χ4v) is 4.63. The fourth-order valence-electron chi connectivity index (χ4n) is 3.51. The minimum absolute atomic E-state index is 0.00666. The molecule has 0 heterocycles. The van der Waals surface area contributed by atoms with Crippen LogP contribution in [0.4, 0.5) is 0 Å². The Labute approximate surface area is 202 Å². The highest BCUT2D eigenvalue weighted by molar-refractivity contribution is 7.49. The largest absolute Gasteiger partial charge is 0.823 e. The van der Waals surface area contributed by atoms with Gasteiger partial charge in [-0.25, -0.2) is 0 Å². The van der Waals surface area contributed by atoms with Crippen molar-refractivity contribution in [2.75, 3.05) is 0 Å². The maximum absolute atomic E-state index is 13.5. The van der Waals surface area contributed by atoms with Crippen molar-refractivity contribution in [2.24, 2.45) is 0 Å². The molecule has 3 atom stereocenters. The Hall–Kier alpha value is -2.03. The zero-order valence-corrected chi connectivity index (χ0v) is 22.6. The van der Waals surface area contributed by atoms with Gasteiger partial charge in [0, 0.05) is 12.1 Å². The van der Waals surface area contributed by atoms with E-state index in [0.29, 0.717) is 25.5 Å². The smallest absolute Gasteiger partial charge is 0.138 e. The van der Waals surface area contributed by atoms with Crippen LogP contribution in [0.1, 0.15) is 83.1 Å². The van der Waals surface area contributed by atoms with E-state index in [2.05, 4.69) is 39.8 Å². The Balaban J connectivity index is 2.71. The van der Waals surface area contributed by atoms with Crippen molar-refractivity contribution in [1.82, 2.24) is 0 Å². The molecule has 182 valence electrons. The SMILES string of the molecule is CCC(C)Oc1cc(OC(C)CC)c(P=C([O-])c2c(C)cc(C)cc2C)c(OC(C)CC)c1. The summed E-state index contributed by atoms with van der Waals surface area (Å²) in [5.41, 5.74) is 3.96. The van der Waals surface area contributed by atoms with Crippen LogP contribution >= 0.6 is 8.20 Å². The fraction of sp³-hybridized carbons (Fsp3) is 0.536. The summed E-state index contributed by atoms with van der Waals surface area (Å²) in [4.78, 5) is 0. The highest BCUT2D eigenvalue weighted by atomic mass is 31.1. The molecule has 0 radical (unpaired) electrons. The molecule has 0 bridgehead atoms. The van der Waals surface area contributed by atoms with Gasteiger partial charge in [0.25, 0.3) is 0 Å². The molecule has 3 unspecified atom stereocenters. The van der Waals surface area contributed by atoms with Crippen molar-refractivity contribution >= 4 is 19.0 Å². The van der Waals surface area contributed by atoms with Gasteiger partial charge < -0.3 is 19.3 Å². The molecular formula is C28H40O4P-. The number of rotatable bonds is 11. The van der Waals surface area contributed by atoms with Gasteiger partial charge in [-0.05, 0) is 77.5 Å². The summed E-state index contributed by atoms with van der Waals surface area (Å²) < 4.78 is 18.7. The molecule has 0 N–H and O–H groups in total. The Morgan fingerprint density at radius 3 is 1.61 bits per heavy atom. The number of ether oxygens (including phenoxy) is 3. The van der Waals surface area contributed by atoms with Crippen molar-refractivity contribution in [2.45, 2.75) is 99.9 Å². The van der Waals surface area contributed by atoms with E-state index in [0.717, 1.165) is 46.8 Å². The normalized spacial score (nSPS) is 14.5. The summed E-state index contributed by atoms with van der Waals surface area (Å²) >= 11 is 0. The lowest BCUT2D eigenvalue weighted by Gasteiger charge is -2.24. The minimum Gasteiger partial charge on any atom is -0.823 e. The Kier molecular flexibility index (Phi) is 10.3. The van der Waals surface area contributed by atoms with Crippen LogP contribution in [0, 0.1) is 20.8 Å². The molecule has 4 nitrogen and oxygen atoms in total. The third-order valence-corrected chi connectivity index (χ3v) is 6.93. The van der Waals surface area contributed by atoms with E-state index < -0.39 is 0 Å². The molecule has 2 rings (SSSR count). The molecule has 0 aliphatic heterocycles. The molecule has 0 aliphatic carbocycles. The third kappa shape index (κ3) is 7.48. The monoisotopic (exact) mass is 471 g/mol. The number of aryl methyl sites for hydroxylation is 3. The Bertz CT molecular complexity index is 910. The molecule has 0 aromatic heterocycles. The first kappa shape index (κ1) is 27.2. The van der Waals surface area contributed by atoms with Crippen LogP contribution in [-0.4, -0.2) is 23.8 Å². The van der Waals surface area contributed by atoms with Gasteiger partial charge in [-0.15, -0.1) is 5.48 Å². The standard InChI is InChI=1S/C28H41O4P/c1-10-20(7)30-23-15-24(31-21(8)11-2)27(25(16-23)32-22(9)12-3)33-28(29)26-18(5)13-17(4)14-19(26)6/h13-16,20-22,29H,10-12H2,1-9H3/p-1. The summed E-state index contributed by atoms with van der Waals surface area (Å²) in [6.07, 6.45) is 2.70. The van der Waals surface area contributed by atoms with Gasteiger partial charge in [-0.3, -0.25) is 0 Å². The average molecular weight is 472 g/mol. The van der Waals surface area contributed by atoms with E-state index in [-0.39, 0.29) is 23.8 Å². The molecule has 0 spiro atoms. The molecule has 2 aromatic carbocycles. The van der Waals surface area contributed by atoms with Gasteiger partial charge >= 0.3 is 0 Å². The maximum atomic E-state index is 13.5. The Morgan fingerprint density at radius 2 is 1.18 bits per heavy atom. The summed E-state index contributed by atoms with van der Waals surface area (Å²) in [5, 5.41) is 14.3. The van der Waals surface area contributed by atoms with Gasteiger partial charge in [0.2, 0.25) is 0 Å². The zero-order chi connectivity index (χ0) is 24.7. The Morgan fingerprint density at radius 1 is 0.758 bits per heavy atom. The second-order valence-electron chi connectivity index (χ2n) is 8.97. The predicted molar refractivity (Wildman–Crippen MR) is 139 cm³/mol. The second-order valence-corrected chi connectivity index (χ2v) is 10.0. The van der Waals surface area contributed by atoms with Crippen molar-refractivity contribution in [3.63, 3.8) is 0 Å². The molecule has 0 fully saturated rings. The van der Waals surface area contributed by atoms with Crippen LogP contribution in [0.2, 0.25) is 0 Å². The van der Waals surface area contributed by atoms with Crippen LogP contribution < -0.4 is 24.6 Å². The van der Waals surface area contributed by atoms with Crippen LogP contribution in [0.25, 0.3) is 0 Å². The lowest BCUT2D eigenvalue weighted by atomic mass is 10.0. The lowest BCUT2D eigenvalue weighted by molar-refractivity contribution is -0.207. The van der Waals surface area contributed by atoms with Gasteiger partial charge in [0.05, 0.1) is 23.6 Å². The first-order valence-electron chi connectivity index (χ1n) is 12.1. The molecule has 33 heavy (non-hydrogen) atoms. The van der Waals surface area contributed by atoms with Crippen LogP contribution in [0.3, 0.4) is 0 Å².